The highest BCUT2D eigenvalue weighted by molar-refractivity contribution is 5.94. The molecule has 0 saturated carbocycles. The number of nitrogens with one attached hydrogen (secondary N) is 3. The highest BCUT2D eigenvalue weighted by atomic mass is 19.1. The molecule has 1 atom stereocenters. The Hall–Kier alpha value is -2.22. The molecule has 0 aliphatic carbocycles. The van der Waals surface area contributed by atoms with Crippen LogP contribution in [0.15, 0.2) is 18.2 Å². The van der Waals surface area contributed by atoms with Gasteiger partial charge in [-0.1, -0.05) is 6.07 Å². The molecule has 6 nitrogen and oxygen atoms in total. The third kappa shape index (κ3) is 5.45. The summed E-state index contributed by atoms with van der Waals surface area (Å²) in [5, 5.41) is 7.59. The largest absolute Gasteiger partial charge is 0.378 e. The van der Waals surface area contributed by atoms with E-state index in [9.17, 15) is 18.4 Å². The molecule has 1 aliphatic heterocycles. The number of amides is 3. The SMILES string of the molecule is O=C(NCCNC(=O)c1c(F)cccc1F)NCCC1CCCO1. The van der Waals surface area contributed by atoms with Crippen molar-refractivity contribution in [3.05, 3.63) is 35.4 Å². The predicted molar refractivity (Wildman–Crippen MR) is 83.7 cm³/mol. The Morgan fingerprint density at radius 1 is 1.08 bits per heavy atom. The van der Waals surface area contributed by atoms with Crippen LogP contribution in [0, 0.1) is 11.6 Å². The molecule has 0 spiro atoms. The van der Waals surface area contributed by atoms with Gasteiger partial charge in [-0.2, -0.15) is 0 Å². The van der Waals surface area contributed by atoms with Crippen molar-refractivity contribution in [1.82, 2.24) is 16.0 Å². The molecule has 1 fully saturated rings. The molecule has 1 saturated heterocycles. The van der Waals surface area contributed by atoms with E-state index in [0.29, 0.717) is 6.54 Å². The number of ether oxygens (including phenoxy) is 1. The molecule has 1 aromatic carbocycles. The van der Waals surface area contributed by atoms with E-state index in [1.54, 1.807) is 0 Å². The third-order valence-electron chi connectivity index (χ3n) is 3.66. The summed E-state index contributed by atoms with van der Waals surface area (Å²) in [5.74, 6) is -2.70. The normalized spacial score (nSPS) is 16.7. The van der Waals surface area contributed by atoms with Crippen molar-refractivity contribution in [2.75, 3.05) is 26.2 Å². The lowest BCUT2D eigenvalue weighted by Gasteiger charge is -2.11. The van der Waals surface area contributed by atoms with Crippen LogP contribution in [0.2, 0.25) is 0 Å². The van der Waals surface area contributed by atoms with E-state index in [-0.39, 0.29) is 25.2 Å². The van der Waals surface area contributed by atoms with Crippen molar-refractivity contribution < 1.29 is 23.1 Å². The molecule has 3 amide bonds. The molecule has 2 rings (SSSR count). The molecule has 1 aromatic rings. The van der Waals surface area contributed by atoms with Gasteiger partial charge < -0.3 is 20.7 Å². The molecule has 24 heavy (non-hydrogen) atoms. The van der Waals surface area contributed by atoms with Gasteiger partial charge in [-0.3, -0.25) is 4.79 Å². The Balaban J connectivity index is 1.60. The molecule has 8 heteroatoms. The highest BCUT2D eigenvalue weighted by Crippen LogP contribution is 2.14. The average Bonchev–Trinajstić information content (AvgIpc) is 3.05. The lowest BCUT2D eigenvalue weighted by Crippen LogP contribution is -2.41. The summed E-state index contributed by atoms with van der Waals surface area (Å²) in [5.41, 5.74) is -0.626. The number of urea groups is 1. The molecular weight excluding hydrogens is 320 g/mol. The van der Waals surface area contributed by atoms with Gasteiger partial charge in [-0.15, -0.1) is 0 Å². The zero-order valence-corrected chi connectivity index (χ0v) is 13.2. The Bertz CT molecular complexity index is 557. The van der Waals surface area contributed by atoms with Crippen LogP contribution in [0.3, 0.4) is 0 Å². The minimum atomic E-state index is -0.924. The Morgan fingerprint density at radius 2 is 1.75 bits per heavy atom. The van der Waals surface area contributed by atoms with Gasteiger partial charge in [0.15, 0.2) is 0 Å². The standard InChI is InChI=1S/C16H21F2N3O3/c17-12-4-1-5-13(18)14(12)15(22)19-8-9-21-16(23)20-7-6-11-3-2-10-24-11/h1,4-5,11H,2-3,6-10H2,(H,19,22)(H2,20,21,23). The summed E-state index contributed by atoms with van der Waals surface area (Å²) in [6, 6.07) is 2.85. The molecule has 0 aromatic heterocycles. The molecule has 3 N–H and O–H groups in total. The number of halogens is 2. The maximum atomic E-state index is 13.4. The molecule has 0 bridgehead atoms. The Labute approximate surface area is 138 Å². The van der Waals surface area contributed by atoms with Crippen LogP contribution in [0.4, 0.5) is 13.6 Å². The van der Waals surface area contributed by atoms with Crippen LogP contribution in [0.25, 0.3) is 0 Å². The van der Waals surface area contributed by atoms with E-state index in [2.05, 4.69) is 16.0 Å². The highest BCUT2D eigenvalue weighted by Gasteiger charge is 2.17. The minimum Gasteiger partial charge on any atom is -0.378 e. The van der Waals surface area contributed by atoms with Crippen LogP contribution in [-0.2, 0) is 4.74 Å². The van der Waals surface area contributed by atoms with E-state index in [4.69, 9.17) is 4.74 Å². The van der Waals surface area contributed by atoms with Gasteiger partial charge in [-0.25, -0.2) is 13.6 Å². The second-order valence-corrected chi connectivity index (χ2v) is 5.46. The summed E-state index contributed by atoms with van der Waals surface area (Å²) in [6.45, 7) is 1.49. The Kier molecular flexibility index (Phi) is 6.92. The average molecular weight is 341 g/mol. The van der Waals surface area contributed by atoms with Gasteiger partial charge in [0.25, 0.3) is 5.91 Å². The minimum absolute atomic E-state index is 0.0613. The number of carbonyl (C=O) groups is 2. The van der Waals surface area contributed by atoms with Crippen LogP contribution in [-0.4, -0.2) is 44.3 Å². The predicted octanol–water partition coefficient (Wildman–Crippen LogP) is 1.56. The molecule has 0 radical (unpaired) electrons. The van der Waals surface area contributed by atoms with Crippen molar-refractivity contribution in [1.29, 1.82) is 0 Å². The molecule has 1 heterocycles. The first kappa shape index (κ1) is 18.1. The summed E-state index contributed by atoms with van der Waals surface area (Å²) in [7, 11) is 0. The molecule has 132 valence electrons. The number of hydrogen-bond donors (Lipinski definition) is 3. The van der Waals surface area contributed by atoms with Gasteiger partial charge in [0.2, 0.25) is 0 Å². The zero-order valence-electron chi connectivity index (χ0n) is 13.2. The fourth-order valence-electron chi connectivity index (χ4n) is 2.44. The fraction of sp³-hybridized carbons (Fsp3) is 0.500. The second-order valence-electron chi connectivity index (χ2n) is 5.46. The van der Waals surface area contributed by atoms with Crippen LogP contribution < -0.4 is 16.0 Å². The van der Waals surface area contributed by atoms with Crippen molar-refractivity contribution in [3.8, 4) is 0 Å². The maximum Gasteiger partial charge on any atom is 0.314 e. The first-order valence-corrected chi connectivity index (χ1v) is 7.93. The van der Waals surface area contributed by atoms with Gasteiger partial charge in [0, 0.05) is 26.2 Å². The summed E-state index contributed by atoms with van der Waals surface area (Å²) < 4.78 is 32.3. The quantitative estimate of drug-likeness (QED) is 0.659. The van der Waals surface area contributed by atoms with E-state index in [1.165, 1.54) is 6.07 Å². The maximum absolute atomic E-state index is 13.4. The third-order valence-corrected chi connectivity index (χ3v) is 3.66. The summed E-state index contributed by atoms with van der Waals surface area (Å²) >= 11 is 0. The lowest BCUT2D eigenvalue weighted by atomic mass is 10.2. The smallest absolute Gasteiger partial charge is 0.314 e. The first-order valence-electron chi connectivity index (χ1n) is 7.93. The van der Waals surface area contributed by atoms with Crippen LogP contribution in [0.1, 0.15) is 29.6 Å². The van der Waals surface area contributed by atoms with E-state index in [1.807, 2.05) is 0 Å². The topological polar surface area (TPSA) is 79.5 Å². The fourth-order valence-corrected chi connectivity index (χ4v) is 2.44. The van der Waals surface area contributed by atoms with Crippen LogP contribution in [0.5, 0.6) is 0 Å². The van der Waals surface area contributed by atoms with Gasteiger partial charge in [0.05, 0.1) is 6.10 Å². The van der Waals surface area contributed by atoms with Crippen molar-refractivity contribution in [2.45, 2.75) is 25.4 Å². The molecular formula is C16H21F2N3O3. The van der Waals surface area contributed by atoms with Crippen LogP contribution >= 0.6 is 0 Å². The van der Waals surface area contributed by atoms with E-state index >= 15 is 0 Å². The van der Waals surface area contributed by atoms with Crippen molar-refractivity contribution >= 4 is 11.9 Å². The van der Waals surface area contributed by atoms with Gasteiger partial charge >= 0.3 is 6.03 Å². The zero-order chi connectivity index (χ0) is 17.4. The molecule has 1 aliphatic rings. The summed E-state index contributed by atoms with van der Waals surface area (Å²) in [4.78, 5) is 23.3. The van der Waals surface area contributed by atoms with Gasteiger partial charge in [0.1, 0.15) is 17.2 Å². The van der Waals surface area contributed by atoms with Crippen molar-refractivity contribution in [3.63, 3.8) is 0 Å². The van der Waals surface area contributed by atoms with Crippen molar-refractivity contribution in [2.24, 2.45) is 0 Å². The summed E-state index contributed by atoms with van der Waals surface area (Å²) in [6.07, 6.45) is 3.04. The first-order chi connectivity index (χ1) is 11.6. The van der Waals surface area contributed by atoms with E-state index < -0.39 is 23.1 Å². The van der Waals surface area contributed by atoms with Gasteiger partial charge in [-0.05, 0) is 31.4 Å². The van der Waals surface area contributed by atoms with E-state index in [0.717, 1.165) is 38.0 Å². The second kappa shape index (κ2) is 9.17. The number of rotatable bonds is 7. The number of carbonyl (C=O) groups excluding carboxylic acids is 2. The number of benzene rings is 1. The lowest BCUT2D eigenvalue weighted by molar-refractivity contribution is 0.0945. The Morgan fingerprint density at radius 3 is 2.42 bits per heavy atom. The monoisotopic (exact) mass is 341 g/mol. The number of hydrogen-bond acceptors (Lipinski definition) is 3. The molecule has 1 unspecified atom stereocenters.